The highest BCUT2D eigenvalue weighted by molar-refractivity contribution is 6.33. The number of alkyl halides is 3. The third-order valence-electron chi connectivity index (χ3n) is 1.16. The molecule has 1 aromatic carbocycles. The van der Waals surface area contributed by atoms with E-state index >= 15 is 0 Å². The Morgan fingerprint density at radius 3 is 2.25 bits per heavy atom. The summed E-state index contributed by atoms with van der Waals surface area (Å²) in [4.78, 5) is 0. The maximum Gasteiger partial charge on any atom is 0.417 e. The topological polar surface area (TPSA) is 0 Å². The van der Waals surface area contributed by atoms with Crippen LogP contribution >= 0.6 is 23.2 Å². The van der Waals surface area contributed by atoms with Gasteiger partial charge in [0.1, 0.15) is 0 Å². The van der Waals surface area contributed by atoms with E-state index in [2.05, 4.69) is 6.07 Å². The van der Waals surface area contributed by atoms with E-state index in [1.807, 2.05) is 0 Å². The van der Waals surface area contributed by atoms with Gasteiger partial charge in [0.05, 0.1) is 10.6 Å². The fourth-order valence-electron chi connectivity index (χ4n) is 0.659. The molecule has 0 aliphatic carbocycles. The monoisotopic (exact) mass is 213 g/mol. The molecule has 0 saturated heterocycles. The fourth-order valence-corrected chi connectivity index (χ4v) is 1.04. The molecule has 0 unspecified atom stereocenters. The number of hydrogen-bond donors (Lipinski definition) is 0. The molecule has 0 heterocycles. The first-order valence-corrected chi connectivity index (χ1v) is 3.61. The lowest BCUT2D eigenvalue weighted by Gasteiger charge is -2.07. The van der Waals surface area contributed by atoms with Crippen molar-refractivity contribution in [3.63, 3.8) is 0 Å². The molecule has 0 N–H and O–H groups in total. The van der Waals surface area contributed by atoms with Gasteiger partial charge in [-0.1, -0.05) is 23.2 Å². The van der Waals surface area contributed by atoms with Crippen LogP contribution in [0.1, 0.15) is 5.56 Å². The van der Waals surface area contributed by atoms with E-state index < -0.39 is 16.8 Å². The number of halogens is 5. The van der Waals surface area contributed by atoms with Crippen molar-refractivity contribution >= 4 is 23.2 Å². The maximum atomic E-state index is 12.1. The van der Waals surface area contributed by atoms with Crippen molar-refractivity contribution in [1.29, 1.82) is 0 Å². The summed E-state index contributed by atoms with van der Waals surface area (Å²) in [5.74, 6) is 0. The fraction of sp³-hybridized carbons (Fsp3) is 0.143. The summed E-state index contributed by atoms with van der Waals surface area (Å²) in [5, 5.41) is -0.501. The zero-order valence-corrected chi connectivity index (χ0v) is 7.06. The molecule has 1 aromatic rings. The molecule has 5 heteroatoms. The summed E-state index contributed by atoms with van der Waals surface area (Å²) < 4.78 is 36.2. The molecular weight excluding hydrogens is 212 g/mol. The van der Waals surface area contributed by atoms with E-state index in [9.17, 15) is 13.2 Å². The minimum Gasteiger partial charge on any atom is -0.166 e. The van der Waals surface area contributed by atoms with Crippen LogP contribution in [0, 0.1) is 6.07 Å². The smallest absolute Gasteiger partial charge is 0.166 e. The van der Waals surface area contributed by atoms with Crippen molar-refractivity contribution in [2.45, 2.75) is 6.18 Å². The third-order valence-corrected chi connectivity index (χ3v) is 1.69. The first-order valence-electron chi connectivity index (χ1n) is 2.85. The third kappa shape index (κ3) is 2.05. The van der Waals surface area contributed by atoms with E-state index in [1.165, 1.54) is 6.07 Å². The Balaban J connectivity index is 3.23. The van der Waals surface area contributed by atoms with Crippen LogP contribution in [0.25, 0.3) is 0 Å². The minimum atomic E-state index is -4.47. The molecule has 0 amide bonds. The summed E-state index contributed by atoms with van der Waals surface area (Å²) >= 11 is 10.6. The number of hydrogen-bond acceptors (Lipinski definition) is 0. The summed E-state index contributed by atoms with van der Waals surface area (Å²) in [6, 6.07) is 4.13. The van der Waals surface area contributed by atoms with Crippen molar-refractivity contribution in [3.8, 4) is 0 Å². The summed E-state index contributed by atoms with van der Waals surface area (Å²) in [6.07, 6.45) is -4.47. The lowest BCUT2D eigenvalue weighted by atomic mass is 10.2. The van der Waals surface area contributed by atoms with Gasteiger partial charge < -0.3 is 0 Å². The highest BCUT2D eigenvalue weighted by Gasteiger charge is 2.33. The second kappa shape index (κ2) is 3.15. The summed E-state index contributed by atoms with van der Waals surface area (Å²) in [5.41, 5.74) is -0.961. The van der Waals surface area contributed by atoms with Gasteiger partial charge in [-0.05, 0) is 12.1 Å². The predicted molar refractivity (Wildman–Crippen MR) is 40.3 cm³/mol. The van der Waals surface area contributed by atoms with E-state index in [1.54, 1.807) is 0 Å². The minimum absolute atomic E-state index is 0.0354. The molecule has 0 aliphatic rings. The molecule has 0 atom stereocenters. The van der Waals surface area contributed by atoms with Crippen LogP contribution in [0.15, 0.2) is 12.1 Å². The molecule has 0 saturated carbocycles. The van der Waals surface area contributed by atoms with Crippen LogP contribution < -0.4 is 0 Å². The molecule has 0 aliphatic heterocycles. The van der Waals surface area contributed by atoms with Crippen LogP contribution in [-0.2, 0) is 6.18 Å². The van der Waals surface area contributed by atoms with Gasteiger partial charge in [-0.2, -0.15) is 13.2 Å². The Hall–Kier alpha value is -0.410. The molecule has 1 radical (unpaired) electrons. The summed E-state index contributed by atoms with van der Waals surface area (Å²) in [6.45, 7) is 0. The van der Waals surface area contributed by atoms with Gasteiger partial charge in [0.2, 0.25) is 0 Å². The number of benzene rings is 1. The second-order valence-electron chi connectivity index (χ2n) is 2.04. The Labute approximate surface area is 76.9 Å². The highest BCUT2D eigenvalue weighted by Crippen LogP contribution is 2.35. The van der Waals surface area contributed by atoms with Crippen molar-refractivity contribution < 1.29 is 13.2 Å². The molecule has 0 spiro atoms. The quantitative estimate of drug-likeness (QED) is 0.615. The molecule has 0 bridgehead atoms. The Morgan fingerprint density at radius 2 is 1.83 bits per heavy atom. The first kappa shape index (κ1) is 9.68. The predicted octanol–water partition coefficient (Wildman–Crippen LogP) is 3.81. The van der Waals surface area contributed by atoms with Gasteiger partial charge in [-0.3, -0.25) is 0 Å². The molecule has 0 fully saturated rings. The van der Waals surface area contributed by atoms with E-state index in [-0.39, 0.29) is 5.02 Å². The Kier molecular flexibility index (Phi) is 2.54. The van der Waals surface area contributed by atoms with Gasteiger partial charge in [0.15, 0.2) is 0 Å². The average molecular weight is 214 g/mol. The standard InChI is InChI=1S/C7H2Cl2F3/c8-4-1-2-6(9)5(3-4)7(10,11)12/h1,3H. The largest absolute Gasteiger partial charge is 0.417 e. The molecule has 1 rings (SSSR count). The maximum absolute atomic E-state index is 12.1. The highest BCUT2D eigenvalue weighted by atomic mass is 35.5. The van der Waals surface area contributed by atoms with Crippen LogP contribution in [0.4, 0.5) is 13.2 Å². The zero-order chi connectivity index (χ0) is 9.35. The van der Waals surface area contributed by atoms with E-state index in [0.717, 1.165) is 6.07 Å². The van der Waals surface area contributed by atoms with Crippen molar-refractivity contribution in [2.24, 2.45) is 0 Å². The molecule has 12 heavy (non-hydrogen) atoms. The van der Waals surface area contributed by atoms with Gasteiger partial charge in [0.25, 0.3) is 0 Å². The lowest BCUT2D eigenvalue weighted by Crippen LogP contribution is -2.05. The Morgan fingerprint density at radius 1 is 1.25 bits per heavy atom. The van der Waals surface area contributed by atoms with Crippen molar-refractivity contribution in [1.82, 2.24) is 0 Å². The van der Waals surface area contributed by atoms with Gasteiger partial charge in [-0.25, -0.2) is 0 Å². The average Bonchev–Trinajstić information content (AvgIpc) is 1.92. The molecule has 0 nitrogen and oxygen atoms in total. The Bertz CT molecular complexity index is 293. The molecular formula is C7H2Cl2F3. The van der Waals surface area contributed by atoms with Crippen LogP contribution in [0.2, 0.25) is 10.0 Å². The van der Waals surface area contributed by atoms with Gasteiger partial charge in [-0.15, -0.1) is 0 Å². The lowest BCUT2D eigenvalue weighted by molar-refractivity contribution is -0.137. The van der Waals surface area contributed by atoms with Gasteiger partial charge in [0, 0.05) is 11.1 Å². The first-order chi connectivity index (χ1) is 5.41. The van der Waals surface area contributed by atoms with Crippen LogP contribution in [-0.4, -0.2) is 0 Å². The zero-order valence-electron chi connectivity index (χ0n) is 5.54. The van der Waals surface area contributed by atoms with Crippen LogP contribution in [0.5, 0.6) is 0 Å². The normalized spacial score (nSPS) is 11.8. The summed E-state index contributed by atoms with van der Waals surface area (Å²) in [7, 11) is 0. The molecule has 0 aromatic heterocycles. The van der Waals surface area contributed by atoms with E-state index in [0.29, 0.717) is 0 Å². The van der Waals surface area contributed by atoms with Crippen molar-refractivity contribution in [3.05, 3.63) is 33.8 Å². The van der Waals surface area contributed by atoms with Crippen LogP contribution in [0.3, 0.4) is 0 Å². The number of rotatable bonds is 0. The van der Waals surface area contributed by atoms with E-state index in [4.69, 9.17) is 23.2 Å². The van der Waals surface area contributed by atoms with Crippen molar-refractivity contribution in [2.75, 3.05) is 0 Å². The second-order valence-corrected chi connectivity index (χ2v) is 2.86. The van der Waals surface area contributed by atoms with Gasteiger partial charge >= 0.3 is 6.18 Å². The molecule has 65 valence electrons. The SMILES string of the molecule is FC(F)(F)c1cc(Cl)c[c]c1Cl.